The molecular weight excluding hydrogens is 328 g/mol. The zero-order valence-corrected chi connectivity index (χ0v) is 14.3. The van der Waals surface area contributed by atoms with Crippen LogP contribution in [0.3, 0.4) is 0 Å². The van der Waals surface area contributed by atoms with Crippen LogP contribution in [0.5, 0.6) is 5.75 Å². The molecule has 0 atom stereocenters. The predicted octanol–water partition coefficient (Wildman–Crippen LogP) is 2.86. The Labute approximate surface area is 141 Å². The van der Waals surface area contributed by atoms with Gasteiger partial charge in [0.15, 0.2) is 9.84 Å². The molecule has 2 aromatic rings. The number of hydrogen-bond acceptors (Lipinski definition) is 5. The number of phenols is 1. The molecule has 0 aliphatic rings. The number of benzene rings is 2. The van der Waals surface area contributed by atoms with E-state index in [9.17, 15) is 18.3 Å². The summed E-state index contributed by atoms with van der Waals surface area (Å²) in [6.45, 7) is 2.07. The Morgan fingerprint density at radius 2 is 1.79 bits per heavy atom. The lowest BCUT2D eigenvalue weighted by Gasteiger charge is -2.10. The Balaban J connectivity index is 2.19. The molecule has 128 valence electrons. The van der Waals surface area contributed by atoms with Gasteiger partial charge in [-0.15, -0.1) is 0 Å². The molecule has 0 radical (unpaired) electrons. The van der Waals surface area contributed by atoms with E-state index in [4.69, 9.17) is 4.74 Å². The van der Waals surface area contributed by atoms with Crippen molar-refractivity contribution in [3.63, 3.8) is 0 Å². The van der Waals surface area contributed by atoms with Crippen molar-refractivity contribution in [3.05, 3.63) is 59.7 Å². The van der Waals surface area contributed by atoms with E-state index in [1.807, 2.05) is 12.1 Å². The fourth-order valence-corrected chi connectivity index (χ4v) is 3.82. The van der Waals surface area contributed by atoms with Gasteiger partial charge in [-0.05, 0) is 42.7 Å². The Morgan fingerprint density at radius 1 is 1.08 bits per heavy atom. The van der Waals surface area contributed by atoms with Crippen molar-refractivity contribution < 1.29 is 23.1 Å². The monoisotopic (exact) mass is 348 g/mol. The molecule has 0 aromatic heterocycles. The molecule has 6 heteroatoms. The maximum Gasteiger partial charge on any atom is 0.306 e. The summed E-state index contributed by atoms with van der Waals surface area (Å²) < 4.78 is 30.0. The van der Waals surface area contributed by atoms with Crippen molar-refractivity contribution in [3.8, 4) is 5.75 Å². The van der Waals surface area contributed by atoms with Gasteiger partial charge >= 0.3 is 5.97 Å². The molecule has 2 rings (SSSR count). The normalized spacial score (nSPS) is 11.2. The number of carbonyl (C=O) groups is 1. The van der Waals surface area contributed by atoms with Gasteiger partial charge in [-0.3, -0.25) is 4.79 Å². The van der Waals surface area contributed by atoms with Gasteiger partial charge in [0, 0.05) is 6.42 Å². The number of rotatable bonds is 7. The van der Waals surface area contributed by atoms with Gasteiger partial charge in [-0.2, -0.15) is 0 Å². The molecule has 0 unspecified atom stereocenters. The Hall–Kier alpha value is -2.34. The predicted molar refractivity (Wildman–Crippen MR) is 90.4 cm³/mol. The molecule has 1 N–H and O–H groups in total. The van der Waals surface area contributed by atoms with E-state index in [0.717, 1.165) is 5.56 Å². The molecule has 0 spiro atoms. The SMILES string of the molecule is CCOC(=O)CCc1ccccc1CS(=O)(=O)c1cccc(O)c1. The van der Waals surface area contributed by atoms with Crippen LogP contribution in [-0.4, -0.2) is 26.1 Å². The molecule has 0 bridgehead atoms. The van der Waals surface area contributed by atoms with Crippen molar-refractivity contribution in [1.82, 2.24) is 0 Å². The standard InChI is InChI=1S/C18H20O5S/c1-2-23-18(20)11-10-14-6-3-4-7-15(14)13-24(21,22)17-9-5-8-16(19)12-17/h3-9,12,19H,2,10-11,13H2,1H3. The molecule has 0 heterocycles. The number of hydrogen-bond donors (Lipinski definition) is 1. The maximum atomic E-state index is 12.5. The zero-order valence-electron chi connectivity index (χ0n) is 13.4. The minimum atomic E-state index is -3.58. The lowest BCUT2D eigenvalue weighted by molar-refractivity contribution is -0.143. The molecular formula is C18H20O5S. The summed E-state index contributed by atoms with van der Waals surface area (Å²) in [5.41, 5.74) is 1.44. The van der Waals surface area contributed by atoms with Crippen LogP contribution in [0.4, 0.5) is 0 Å². The summed E-state index contributed by atoms with van der Waals surface area (Å²) in [5, 5.41) is 9.48. The summed E-state index contributed by atoms with van der Waals surface area (Å²) in [6, 6.07) is 12.7. The van der Waals surface area contributed by atoms with Gasteiger partial charge in [0.2, 0.25) is 0 Å². The Morgan fingerprint density at radius 3 is 2.46 bits per heavy atom. The Bertz CT molecular complexity index is 812. The summed E-state index contributed by atoms with van der Waals surface area (Å²) in [5.74, 6) is -0.579. The summed E-state index contributed by atoms with van der Waals surface area (Å²) in [4.78, 5) is 11.6. The van der Waals surface area contributed by atoms with E-state index in [-0.39, 0.29) is 28.8 Å². The van der Waals surface area contributed by atoms with Crippen LogP contribution in [0.1, 0.15) is 24.5 Å². The second-order valence-electron chi connectivity index (χ2n) is 5.33. The third-order valence-electron chi connectivity index (χ3n) is 3.54. The molecule has 0 aliphatic carbocycles. The first-order valence-corrected chi connectivity index (χ1v) is 9.32. The van der Waals surface area contributed by atoms with Crippen LogP contribution < -0.4 is 0 Å². The fourth-order valence-electron chi connectivity index (χ4n) is 2.38. The molecule has 0 fully saturated rings. The highest BCUT2D eigenvalue weighted by Crippen LogP contribution is 2.22. The number of carbonyl (C=O) groups excluding carboxylic acids is 1. The topological polar surface area (TPSA) is 80.7 Å². The Kier molecular flexibility index (Phi) is 5.98. The number of ether oxygens (including phenoxy) is 1. The average Bonchev–Trinajstić information content (AvgIpc) is 2.54. The largest absolute Gasteiger partial charge is 0.508 e. The van der Waals surface area contributed by atoms with Gasteiger partial charge in [-0.25, -0.2) is 8.42 Å². The van der Waals surface area contributed by atoms with E-state index in [2.05, 4.69) is 0 Å². The lowest BCUT2D eigenvalue weighted by atomic mass is 10.0. The number of sulfone groups is 1. The number of phenolic OH excluding ortho intramolecular Hbond substituents is 1. The van der Waals surface area contributed by atoms with Crippen molar-refractivity contribution >= 4 is 15.8 Å². The van der Waals surface area contributed by atoms with Crippen molar-refractivity contribution in [2.24, 2.45) is 0 Å². The van der Waals surface area contributed by atoms with Crippen LogP contribution in [0.15, 0.2) is 53.4 Å². The summed E-state index contributed by atoms with van der Waals surface area (Å²) in [7, 11) is -3.58. The fraction of sp³-hybridized carbons (Fsp3) is 0.278. The van der Waals surface area contributed by atoms with E-state index >= 15 is 0 Å². The molecule has 5 nitrogen and oxygen atoms in total. The highest BCUT2D eigenvalue weighted by atomic mass is 32.2. The summed E-state index contributed by atoms with van der Waals surface area (Å²) >= 11 is 0. The number of aromatic hydroxyl groups is 1. The molecule has 0 amide bonds. The van der Waals surface area contributed by atoms with Crippen molar-refractivity contribution in [1.29, 1.82) is 0 Å². The van der Waals surface area contributed by atoms with Gasteiger partial charge in [0.1, 0.15) is 5.75 Å². The number of aryl methyl sites for hydroxylation is 1. The zero-order chi connectivity index (χ0) is 17.6. The van der Waals surface area contributed by atoms with E-state index in [1.54, 1.807) is 19.1 Å². The van der Waals surface area contributed by atoms with Gasteiger partial charge in [-0.1, -0.05) is 30.3 Å². The minimum Gasteiger partial charge on any atom is -0.508 e. The lowest BCUT2D eigenvalue weighted by Crippen LogP contribution is -2.09. The van der Waals surface area contributed by atoms with Crippen LogP contribution in [0, 0.1) is 0 Å². The van der Waals surface area contributed by atoms with Crippen molar-refractivity contribution in [2.75, 3.05) is 6.61 Å². The molecule has 0 saturated heterocycles. The van der Waals surface area contributed by atoms with E-state index in [1.165, 1.54) is 24.3 Å². The van der Waals surface area contributed by atoms with Crippen LogP contribution in [-0.2, 0) is 31.5 Å². The summed E-state index contributed by atoms with van der Waals surface area (Å²) in [6.07, 6.45) is 0.627. The highest BCUT2D eigenvalue weighted by molar-refractivity contribution is 7.90. The van der Waals surface area contributed by atoms with E-state index < -0.39 is 9.84 Å². The average molecular weight is 348 g/mol. The second-order valence-corrected chi connectivity index (χ2v) is 7.32. The second kappa shape index (κ2) is 7.97. The minimum absolute atomic E-state index is 0.0719. The van der Waals surface area contributed by atoms with E-state index in [0.29, 0.717) is 18.6 Å². The maximum absolute atomic E-state index is 12.5. The van der Waals surface area contributed by atoms with Gasteiger partial charge < -0.3 is 9.84 Å². The van der Waals surface area contributed by atoms with Crippen LogP contribution >= 0.6 is 0 Å². The molecule has 0 aliphatic heterocycles. The highest BCUT2D eigenvalue weighted by Gasteiger charge is 2.18. The smallest absolute Gasteiger partial charge is 0.306 e. The first-order chi connectivity index (χ1) is 11.4. The van der Waals surface area contributed by atoms with Gasteiger partial charge in [0.05, 0.1) is 17.3 Å². The molecule has 2 aromatic carbocycles. The van der Waals surface area contributed by atoms with Crippen LogP contribution in [0.25, 0.3) is 0 Å². The first-order valence-electron chi connectivity index (χ1n) is 7.66. The molecule has 0 saturated carbocycles. The number of esters is 1. The first kappa shape index (κ1) is 18.0. The third-order valence-corrected chi connectivity index (χ3v) is 5.21. The third kappa shape index (κ3) is 4.83. The van der Waals surface area contributed by atoms with Crippen molar-refractivity contribution in [2.45, 2.75) is 30.4 Å². The quantitative estimate of drug-likeness (QED) is 0.778. The molecule has 24 heavy (non-hydrogen) atoms. The van der Waals surface area contributed by atoms with Gasteiger partial charge in [0.25, 0.3) is 0 Å². The van der Waals surface area contributed by atoms with Crippen LogP contribution in [0.2, 0.25) is 0 Å².